The van der Waals surface area contributed by atoms with E-state index >= 15 is 0 Å². The molecule has 16 heavy (non-hydrogen) atoms. The molecule has 0 radical (unpaired) electrons. The fourth-order valence-corrected chi connectivity index (χ4v) is 13.1. The number of hydrogen-bond donors (Lipinski definition) is 0. The van der Waals surface area contributed by atoms with Crippen LogP contribution in [0.15, 0.2) is 3.40 Å². The first-order valence-electron chi connectivity index (χ1n) is 5.77. The van der Waals surface area contributed by atoms with Gasteiger partial charge in [-0.05, 0) is 0 Å². The maximum absolute atomic E-state index is 4.99. The zero-order chi connectivity index (χ0) is 12.9. The Morgan fingerprint density at radius 2 is 1.38 bits per heavy atom. The van der Waals surface area contributed by atoms with Crippen molar-refractivity contribution in [1.29, 1.82) is 0 Å². The predicted octanol–water partition coefficient (Wildman–Crippen LogP) is 1.60. The molecular formula is C11H28N4Ta. The average Bonchev–Trinajstić information content (AvgIpc) is 2.16. The van der Waals surface area contributed by atoms with E-state index in [1.54, 1.807) is 0 Å². The number of rotatable bonds is 6. The molecule has 0 N–H and O–H groups in total. The molecule has 4 nitrogen and oxygen atoms in total. The molecule has 0 saturated heterocycles. The maximum atomic E-state index is 4.99. The van der Waals surface area contributed by atoms with Crippen LogP contribution < -0.4 is 0 Å². The van der Waals surface area contributed by atoms with Crippen molar-refractivity contribution in [1.82, 2.24) is 9.91 Å². The third-order valence-corrected chi connectivity index (χ3v) is 15.9. The second kappa shape index (κ2) is 6.89. The molecule has 0 heterocycles. The van der Waals surface area contributed by atoms with Gasteiger partial charge in [0.2, 0.25) is 0 Å². The Labute approximate surface area is 106 Å². The van der Waals surface area contributed by atoms with E-state index in [9.17, 15) is 0 Å². The average molecular weight is 397 g/mol. The number of hydrogen-bond acceptors (Lipinski definition) is 4. The van der Waals surface area contributed by atoms with Gasteiger partial charge in [0.25, 0.3) is 0 Å². The van der Waals surface area contributed by atoms with Crippen molar-refractivity contribution in [2.24, 2.45) is 9.31 Å². The second-order valence-corrected chi connectivity index (χ2v) is 18.0. The Bertz CT molecular complexity index is 204. The zero-order valence-corrected chi connectivity index (χ0v) is 15.3. The van der Waals surface area contributed by atoms with E-state index in [-0.39, 0.29) is 0 Å². The summed E-state index contributed by atoms with van der Waals surface area (Å²) in [7, 11) is 12.9. The molecule has 97 valence electrons. The van der Waals surface area contributed by atoms with Crippen molar-refractivity contribution in [2.45, 2.75) is 20.3 Å². The van der Waals surface area contributed by atoms with Crippen molar-refractivity contribution in [2.75, 3.05) is 42.3 Å². The first-order valence-corrected chi connectivity index (χ1v) is 11.5. The predicted molar refractivity (Wildman–Crippen MR) is 69.0 cm³/mol. The van der Waals surface area contributed by atoms with Gasteiger partial charge in [-0.15, -0.1) is 0 Å². The van der Waals surface area contributed by atoms with Crippen LogP contribution in [0.3, 0.4) is 0 Å². The van der Waals surface area contributed by atoms with E-state index < -0.39 is 18.2 Å². The van der Waals surface area contributed by atoms with E-state index in [0.29, 0.717) is 5.92 Å². The van der Waals surface area contributed by atoms with Crippen molar-refractivity contribution in [3.05, 3.63) is 0 Å². The SMILES string of the molecule is CCC(C)C=[N][Ta]([N](C)C)([N](C)C)[N](C)C. The molecule has 0 aromatic carbocycles. The summed E-state index contributed by atoms with van der Waals surface area (Å²) in [5.74, 6) is 0.567. The molecule has 0 bridgehead atoms. The van der Waals surface area contributed by atoms with Crippen LogP contribution >= 0.6 is 0 Å². The summed E-state index contributed by atoms with van der Waals surface area (Å²) in [6.07, 6.45) is 3.30. The first kappa shape index (κ1) is 16.3. The minimum atomic E-state index is -2.94. The fraction of sp³-hybridized carbons (Fsp3) is 0.909. The van der Waals surface area contributed by atoms with Gasteiger partial charge < -0.3 is 0 Å². The van der Waals surface area contributed by atoms with Gasteiger partial charge in [0.1, 0.15) is 0 Å². The molecule has 1 atom stereocenters. The minimum absolute atomic E-state index is 0.567. The van der Waals surface area contributed by atoms with E-state index in [4.69, 9.17) is 3.40 Å². The van der Waals surface area contributed by atoms with Crippen LogP contribution in [0.1, 0.15) is 20.3 Å². The Hall–Kier alpha value is 0.290. The van der Waals surface area contributed by atoms with E-state index in [1.807, 2.05) is 0 Å². The van der Waals surface area contributed by atoms with Crippen LogP contribution in [0, 0.1) is 5.92 Å². The third kappa shape index (κ3) is 3.65. The molecule has 0 rings (SSSR count). The van der Waals surface area contributed by atoms with Crippen LogP contribution in [0.2, 0.25) is 0 Å². The Morgan fingerprint density at radius 1 is 1.00 bits per heavy atom. The summed E-state index contributed by atoms with van der Waals surface area (Å²) in [4.78, 5) is 0. The van der Waals surface area contributed by atoms with Crippen molar-refractivity contribution < 1.29 is 18.2 Å². The van der Waals surface area contributed by atoms with Gasteiger partial charge in [0.05, 0.1) is 0 Å². The van der Waals surface area contributed by atoms with Crippen molar-refractivity contribution in [3.8, 4) is 0 Å². The Balaban J connectivity index is 5.13. The molecule has 0 saturated carbocycles. The fourth-order valence-electron chi connectivity index (χ4n) is 1.69. The normalized spacial score (nSPS) is 15.7. The van der Waals surface area contributed by atoms with Crippen LogP contribution in [-0.2, 0) is 18.2 Å². The Morgan fingerprint density at radius 3 is 1.62 bits per heavy atom. The van der Waals surface area contributed by atoms with Gasteiger partial charge >= 0.3 is 106 Å². The molecule has 0 spiro atoms. The van der Waals surface area contributed by atoms with Crippen LogP contribution in [0.25, 0.3) is 0 Å². The van der Waals surface area contributed by atoms with Gasteiger partial charge in [-0.3, -0.25) is 0 Å². The van der Waals surface area contributed by atoms with Crippen molar-refractivity contribution >= 4 is 6.21 Å². The summed E-state index contributed by atoms with van der Waals surface area (Å²) in [5.41, 5.74) is 0. The van der Waals surface area contributed by atoms with Gasteiger partial charge in [0.15, 0.2) is 0 Å². The molecule has 0 aliphatic heterocycles. The molecule has 1 unspecified atom stereocenters. The second-order valence-electron chi connectivity index (χ2n) is 4.73. The van der Waals surface area contributed by atoms with E-state index in [2.05, 4.69) is 72.3 Å². The van der Waals surface area contributed by atoms with Crippen LogP contribution in [0.4, 0.5) is 0 Å². The summed E-state index contributed by atoms with van der Waals surface area (Å²) >= 11 is -2.94. The molecule has 0 fully saturated rings. The summed E-state index contributed by atoms with van der Waals surface area (Å²) in [5, 5.41) is 0. The molecule has 0 aromatic heterocycles. The molecule has 0 amide bonds. The van der Waals surface area contributed by atoms with Gasteiger partial charge in [-0.1, -0.05) is 0 Å². The van der Waals surface area contributed by atoms with Gasteiger partial charge in [-0.25, -0.2) is 0 Å². The summed E-state index contributed by atoms with van der Waals surface area (Å²) in [6, 6.07) is 0. The molecule has 0 aliphatic carbocycles. The van der Waals surface area contributed by atoms with Crippen LogP contribution in [0.5, 0.6) is 0 Å². The molecular weight excluding hydrogens is 369 g/mol. The third-order valence-electron chi connectivity index (χ3n) is 2.73. The quantitative estimate of drug-likeness (QED) is 0.636. The number of nitrogens with zero attached hydrogens (tertiary/aromatic N) is 4. The first-order chi connectivity index (χ1) is 7.28. The topological polar surface area (TPSA) is 22.1 Å². The Kier molecular flexibility index (Phi) is 7.01. The van der Waals surface area contributed by atoms with Crippen molar-refractivity contribution in [3.63, 3.8) is 0 Å². The van der Waals surface area contributed by atoms with E-state index in [0.717, 1.165) is 6.42 Å². The standard InChI is InChI=1S/C5H10N.3C2H6N.Ta/c1-3-5(2)4-6;3*1-3-2;/h4-5H,3H2,1-2H3;3*1-2H3;/q4*-1;+4. The van der Waals surface area contributed by atoms with Gasteiger partial charge in [0, 0.05) is 0 Å². The monoisotopic (exact) mass is 397 g/mol. The van der Waals surface area contributed by atoms with E-state index in [1.165, 1.54) is 0 Å². The van der Waals surface area contributed by atoms with Gasteiger partial charge in [-0.2, -0.15) is 0 Å². The summed E-state index contributed by atoms with van der Waals surface area (Å²) in [6.45, 7) is 4.43. The molecule has 0 aromatic rings. The zero-order valence-electron chi connectivity index (χ0n) is 12.1. The molecule has 5 heteroatoms. The molecule has 0 aliphatic rings. The summed E-state index contributed by atoms with van der Waals surface area (Å²) < 4.78 is 12.0. The van der Waals surface area contributed by atoms with Crippen LogP contribution in [-0.4, -0.2) is 58.4 Å².